The number of amides is 2. The minimum Gasteiger partial charge on any atom is -0.480 e. The number of nitrogens with two attached hydrogens (primary N) is 1. The molecule has 16 heavy (non-hydrogen) atoms. The Balaban J connectivity index is 4.09. The van der Waals surface area contributed by atoms with Crippen LogP contribution in [0.3, 0.4) is 0 Å². The fraction of sp³-hybridized carbons (Fsp3) is 0.800. The molecule has 0 saturated carbocycles. The maximum absolute atomic E-state index is 11.3. The van der Waals surface area contributed by atoms with Crippen molar-refractivity contribution in [2.45, 2.75) is 32.7 Å². The van der Waals surface area contributed by atoms with Crippen molar-refractivity contribution in [3.05, 3.63) is 0 Å². The molecule has 6 heteroatoms. The number of hydrogen-bond donors (Lipinski definition) is 4. The average Bonchev–Trinajstić information content (AvgIpc) is 2.25. The summed E-state index contributed by atoms with van der Waals surface area (Å²) in [6.45, 7) is 4.62. The summed E-state index contributed by atoms with van der Waals surface area (Å²) in [5, 5.41) is 13.9. The first-order chi connectivity index (χ1) is 7.52. The maximum atomic E-state index is 11.3. The summed E-state index contributed by atoms with van der Waals surface area (Å²) in [7, 11) is 0. The Morgan fingerprint density at radius 3 is 2.50 bits per heavy atom. The summed E-state index contributed by atoms with van der Waals surface area (Å²) in [5.41, 5.74) is 5.27. The average molecular weight is 231 g/mol. The number of aliphatic carboxylic acids is 1. The van der Waals surface area contributed by atoms with Crippen molar-refractivity contribution in [2.24, 2.45) is 11.7 Å². The number of urea groups is 1. The highest BCUT2D eigenvalue weighted by molar-refractivity contribution is 5.82. The van der Waals surface area contributed by atoms with Gasteiger partial charge in [-0.3, -0.25) is 0 Å². The second-order valence-corrected chi connectivity index (χ2v) is 3.74. The molecule has 0 aromatic carbocycles. The second-order valence-electron chi connectivity index (χ2n) is 3.74. The Bertz CT molecular complexity index is 233. The molecule has 0 aliphatic heterocycles. The van der Waals surface area contributed by atoms with Crippen molar-refractivity contribution in [3.63, 3.8) is 0 Å². The van der Waals surface area contributed by atoms with Gasteiger partial charge in [0.25, 0.3) is 0 Å². The largest absolute Gasteiger partial charge is 0.480 e. The first kappa shape index (κ1) is 14.7. The van der Waals surface area contributed by atoms with E-state index in [1.807, 2.05) is 6.92 Å². The van der Waals surface area contributed by atoms with Crippen LogP contribution in [0.4, 0.5) is 4.79 Å². The molecule has 0 aliphatic rings. The predicted molar refractivity (Wildman–Crippen MR) is 61.1 cm³/mol. The Morgan fingerprint density at radius 1 is 1.44 bits per heavy atom. The maximum Gasteiger partial charge on any atom is 0.326 e. The lowest BCUT2D eigenvalue weighted by Crippen LogP contribution is -2.49. The van der Waals surface area contributed by atoms with Gasteiger partial charge in [0, 0.05) is 6.54 Å². The van der Waals surface area contributed by atoms with E-state index < -0.39 is 18.0 Å². The molecule has 0 radical (unpaired) electrons. The molecule has 0 fully saturated rings. The normalized spacial score (nSPS) is 13.9. The number of carboxylic acid groups (broad SMARTS) is 1. The lowest BCUT2D eigenvalue weighted by atomic mass is 9.99. The Hall–Kier alpha value is -1.30. The Labute approximate surface area is 95.6 Å². The zero-order chi connectivity index (χ0) is 12.6. The number of hydrogen-bond acceptors (Lipinski definition) is 3. The molecule has 0 rings (SSSR count). The fourth-order valence-corrected chi connectivity index (χ4v) is 1.18. The number of carbonyl (C=O) groups excluding carboxylic acids is 1. The molecule has 2 atom stereocenters. The summed E-state index contributed by atoms with van der Waals surface area (Å²) in [4.78, 5) is 22.2. The summed E-state index contributed by atoms with van der Waals surface area (Å²) < 4.78 is 0. The standard InChI is InChI=1S/C10H21N3O3/c1-3-7(2)8(9(14)15)13-10(16)12-6-4-5-11/h7-8H,3-6,11H2,1-2H3,(H,14,15)(H2,12,13,16)/t7?,8-/m0/s1. The van der Waals surface area contributed by atoms with Crippen LogP contribution in [0.25, 0.3) is 0 Å². The van der Waals surface area contributed by atoms with Crippen LogP contribution in [0.5, 0.6) is 0 Å². The fourth-order valence-electron chi connectivity index (χ4n) is 1.18. The molecule has 5 N–H and O–H groups in total. The molecule has 0 aromatic heterocycles. The number of carbonyl (C=O) groups is 2. The molecule has 1 unspecified atom stereocenters. The molecule has 0 saturated heterocycles. The van der Waals surface area contributed by atoms with Gasteiger partial charge in [0.05, 0.1) is 0 Å². The quantitative estimate of drug-likeness (QED) is 0.467. The van der Waals surface area contributed by atoms with Crippen LogP contribution in [-0.4, -0.2) is 36.2 Å². The van der Waals surface area contributed by atoms with E-state index in [4.69, 9.17) is 10.8 Å². The lowest BCUT2D eigenvalue weighted by Gasteiger charge is -2.20. The van der Waals surface area contributed by atoms with Gasteiger partial charge in [0.15, 0.2) is 0 Å². The van der Waals surface area contributed by atoms with Crippen molar-refractivity contribution in [1.82, 2.24) is 10.6 Å². The molecule has 94 valence electrons. The van der Waals surface area contributed by atoms with E-state index in [0.29, 0.717) is 25.9 Å². The van der Waals surface area contributed by atoms with Gasteiger partial charge in [-0.05, 0) is 18.9 Å². The smallest absolute Gasteiger partial charge is 0.326 e. The SMILES string of the molecule is CCC(C)[C@H](NC(=O)NCCCN)C(=O)O. The van der Waals surface area contributed by atoms with Crippen LogP contribution in [0.1, 0.15) is 26.7 Å². The van der Waals surface area contributed by atoms with E-state index in [0.717, 1.165) is 0 Å². The van der Waals surface area contributed by atoms with Gasteiger partial charge in [-0.15, -0.1) is 0 Å². The molecule has 0 bridgehead atoms. The van der Waals surface area contributed by atoms with Crippen LogP contribution >= 0.6 is 0 Å². The molecule has 0 aliphatic carbocycles. The van der Waals surface area contributed by atoms with Crippen LogP contribution in [0.15, 0.2) is 0 Å². The van der Waals surface area contributed by atoms with Crippen LogP contribution in [0.2, 0.25) is 0 Å². The van der Waals surface area contributed by atoms with Gasteiger partial charge >= 0.3 is 12.0 Å². The van der Waals surface area contributed by atoms with Crippen LogP contribution < -0.4 is 16.4 Å². The third-order valence-corrected chi connectivity index (χ3v) is 2.43. The van der Waals surface area contributed by atoms with Crippen molar-refractivity contribution in [3.8, 4) is 0 Å². The van der Waals surface area contributed by atoms with Crippen LogP contribution in [0, 0.1) is 5.92 Å². The van der Waals surface area contributed by atoms with Gasteiger partial charge in [-0.25, -0.2) is 9.59 Å². The number of carboxylic acids is 1. The molecule has 6 nitrogen and oxygen atoms in total. The first-order valence-electron chi connectivity index (χ1n) is 5.50. The third-order valence-electron chi connectivity index (χ3n) is 2.43. The molecule has 2 amide bonds. The lowest BCUT2D eigenvalue weighted by molar-refractivity contribution is -0.140. The highest BCUT2D eigenvalue weighted by Gasteiger charge is 2.24. The van der Waals surface area contributed by atoms with Crippen molar-refractivity contribution in [2.75, 3.05) is 13.1 Å². The second kappa shape index (κ2) is 7.92. The van der Waals surface area contributed by atoms with E-state index in [9.17, 15) is 9.59 Å². The highest BCUT2D eigenvalue weighted by Crippen LogP contribution is 2.07. The summed E-state index contributed by atoms with van der Waals surface area (Å²) in [6.07, 6.45) is 1.37. The van der Waals surface area contributed by atoms with Crippen LogP contribution in [-0.2, 0) is 4.79 Å². The van der Waals surface area contributed by atoms with Crippen molar-refractivity contribution in [1.29, 1.82) is 0 Å². The number of rotatable bonds is 7. The molecule has 0 heterocycles. The minimum absolute atomic E-state index is 0.0993. The van der Waals surface area contributed by atoms with E-state index in [-0.39, 0.29) is 5.92 Å². The summed E-state index contributed by atoms with van der Waals surface area (Å²) in [6, 6.07) is -1.30. The zero-order valence-corrected chi connectivity index (χ0v) is 9.82. The van der Waals surface area contributed by atoms with Gasteiger partial charge in [0.2, 0.25) is 0 Å². The molecule has 0 aromatic rings. The highest BCUT2D eigenvalue weighted by atomic mass is 16.4. The van der Waals surface area contributed by atoms with Gasteiger partial charge in [0.1, 0.15) is 6.04 Å². The molecular weight excluding hydrogens is 210 g/mol. The van der Waals surface area contributed by atoms with E-state index in [1.54, 1.807) is 6.92 Å². The first-order valence-corrected chi connectivity index (χ1v) is 5.50. The number of nitrogens with one attached hydrogen (secondary N) is 2. The minimum atomic E-state index is -1.01. The Kier molecular flexibility index (Phi) is 7.28. The monoisotopic (exact) mass is 231 g/mol. The van der Waals surface area contributed by atoms with Crippen molar-refractivity contribution < 1.29 is 14.7 Å². The van der Waals surface area contributed by atoms with E-state index >= 15 is 0 Å². The Morgan fingerprint density at radius 2 is 2.06 bits per heavy atom. The third kappa shape index (κ3) is 5.55. The molecular formula is C10H21N3O3. The van der Waals surface area contributed by atoms with Gasteiger partial charge < -0.3 is 21.5 Å². The summed E-state index contributed by atoms with van der Waals surface area (Å²) in [5.74, 6) is -1.11. The topological polar surface area (TPSA) is 104 Å². The van der Waals surface area contributed by atoms with Crippen molar-refractivity contribution >= 4 is 12.0 Å². The van der Waals surface area contributed by atoms with E-state index in [1.165, 1.54) is 0 Å². The zero-order valence-electron chi connectivity index (χ0n) is 9.82. The van der Waals surface area contributed by atoms with E-state index in [2.05, 4.69) is 10.6 Å². The van der Waals surface area contributed by atoms with Gasteiger partial charge in [-0.1, -0.05) is 20.3 Å². The summed E-state index contributed by atoms with van der Waals surface area (Å²) >= 11 is 0. The van der Waals surface area contributed by atoms with Gasteiger partial charge in [-0.2, -0.15) is 0 Å². The molecule has 0 spiro atoms. The predicted octanol–water partition coefficient (Wildman–Crippen LogP) is 0.134.